The second-order valence-electron chi connectivity index (χ2n) is 5.24. The molecule has 0 radical (unpaired) electrons. The molecule has 7 nitrogen and oxygen atoms in total. The Morgan fingerprint density at radius 3 is 2.77 bits per heavy atom. The fourth-order valence-corrected chi connectivity index (χ4v) is 2.27. The summed E-state index contributed by atoms with van der Waals surface area (Å²) in [5.74, 6) is -0.603. The number of nitrogens with zero attached hydrogens (tertiary/aromatic N) is 4. The van der Waals surface area contributed by atoms with Gasteiger partial charge in [0, 0.05) is 23.8 Å². The van der Waals surface area contributed by atoms with Gasteiger partial charge in [-0.25, -0.2) is 4.68 Å². The van der Waals surface area contributed by atoms with E-state index in [1.54, 1.807) is 10.9 Å². The van der Waals surface area contributed by atoms with Crippen LogP contribution in [0.1, 0.15) is 24.3 Å². The lowest BCUT2D eigenvalue weighted by molar-refractivity contribution is 0.0995. The number of nitrogens with one attached hydrogen (secondary N) is 1. The van der Waals surface area contributed by atoms with Crippen molar-refractivity contribution in [2.24, 2.45) is 5.73 Å². The first kappa shape index (κ1) is 14.0. The van der Waals surface area contributed by atoms with Gasteiger partial charge in [-0.05, 0) is 38.1 Å². The first-order valence-corrected chi connectivity index (χ1v) is 6.93. The number of anilines is 1. The average Bonchev–Trinajstić information content (AvgIpc) is 3.00. The Morgan fingerprint density at radius 2 is 2.14 bits per heavy atom. The Kier molecular flexibility index (Phi) is 3.46. The molecule has 3 aromatic rings. The molecule has 2 heterocycles. The van der Waals surface area contributed by atoms with Crippen LogP contribution < -0.4 is 11.1 Å². The Balaban J connectivity index is 2.19. The van der Waals surface area contributed by atoms with E-state index >= 15 is 0 Å². The molecule has 0 unspecified atom stereocenters. The van der Waals surface area contributed by atoms with Crippen LogP contribution in [0.3, 0.4) is 0 Å². The van der Waals surface area contributed by atoms with E-state index in [1.165, 1.54) is 0 Å². The lowest BCUT2D eigenvalue weighted by Crippen LogP contribution is -2.20. The first-order chi connectivity index (χ1) is 10.6. The third-order valence-electron chi connectivity index (χ3n) is 3.18. The predicted octanol–water partition coefficient (Wildman–Crippen LogP) is 1.73. The summed E-state index contributed by atoms with van der Waals surface area (Å²) in [6, 6.07) is 7.64. The summed E-state index contributed by atoms with van der Waals surface area (Å²) in [4.78, 5) is 11.6. The van der Waals surface area contributed by atoms with Crippen LogP contribution in [0.4, 0.5) is 5.69 Å². The van der Waals surface area contributed by atoms with E-state index in [0.29, 0.717) is 11.2 Å². The topological polar surface area (TPSA) is 98.7 Å². The summed E-state index contributed by atoms with van der Waals surface area (Å²) in [6.07, 6.45) is 3.55. The first-order valence-electron chi connectivity index (χ1n) is 6.93. The van der Waals surface area contributed by atoms with Crippen molar-refractivity contribution in [2.45, 2.75) is 19.9 Å². The molecule has 0 aliphatic rings. The van der Waals surface area contributed by atoms with Crippen LogP contribution in [0.15, 0.2) is 36.7 Å². The zero-order chi connectivity index (χ0) is 15.7. The van der Waals surface area contributed by atoms with Crippen LogP contribution in [-0.2, 0) is 0 Å². The number of nitrogens with two attached hydrogens (primary N) is 1. The highest BCUT2D eigenvalue weighted by Gasteiger charge is 2.16. The maximum Gasteiger partial charge on any atom is 0.271 e. The molecule has 1 aromatic carbocycles. The zero-order valence-corrected chi connectivity index (χ0v) is 12.3. The second-order valence-corrected chi connectivity index (χ2v) is 5.24. The van der Waals surface area contributed by atoms with Gasteiger partial charge in [0.1, 0.15) is 0 Å². The summed E-state index contributed by atoms with van der Waals surface area (Å²) >= 11 is 0. The van der Waals surface area contributed by atoms with Gasteiger partial charge in [0.05, 0.1) is 16.9 Å². The van der Waals surface area contributed by atoms with Crippen molar-refractivity contribution in [2.75, 3.05) is 5.32 Å². The van der Waals surface area contributed by atoms with Crippen LogP contribution in [0.25, 0.3) is 16.6 Å². The molecule has 1 amide bonds. The van der Waals surface area contributed by atoms with Crippen molar-refractivity contribution in [3.63, 3.8) is 0 Å². The predicted molar refractivity (Wildman–Crippen MR) is 83.9 cm³/mol. The SMILES string of the molecule is CC(C)Nc1c(C(N)=O)nnc2cc(-n3cccn3)ccc12. The van der Waals surface area contributed by atoms with Crippen LogP contribution in [0.2, 0.25) is 0 Å². The van der Waals surface area contributed by atoms with E-state index < -0.39 is 5.91 Å². The number of carbonyl (C=O) groups is 1. The van der Waals surface area contributed by atoms with Gasteiger partial charge < -0.3 is 11.1 Å². The van der Waals surface area contributed by atoms with Crippen molar-refractivity contribution in [1.29, 1.82) is 0 Å². The molecular formula is C15H16N6O. The monoisotopic (exact) mass is 296 g/mol. The Bertz CT molecular complexity index is 825. The lowest BCUT2D eigenvalue weighted by atomic mass is 10.1. The number of hydrogen-bond acceptors (Lipinski definition) is 5. The molecule has 22 heavy (non-hydrogen) atoms. The highest BCUT2D eigenvalue weighted by Crippen LogP contribution is 2.26. The van der Waals surface area contributed by atoms with Crippen molar-refractivity contribution in [3.8, 4) is 5.69 Å². The molecule has 3 N–H and O–H groups in total. The minimum absolute atomic E-state index is 0.135. The molecule has 0 saturated heterocycles. The molecule has 0 fully saturated rings. The zero-order valence-electron chi connectivity index (χ0n) is 12.3. The number of primary amides is 1. The normalized spacial score (nSPS) is 11.0. The van der Waals surface area contributed by atoms with E-state index in [-0.39, 0.29) is 11.7 Å². The smallest absolute Gasteiger partial charge is 0.271 e. The van der Waals surface area contributed by atoms with E-state index in [4.69, 9.17) is 5.73 Å². The maximum absolute atomic E-state index is 11.6. The van der Waals surface area contributed by atoms with Gasteiger partial charge in [-0.15, -0.1) is 10.2 Å². The Morgan fingerprint density at radius 1 is 1.32 bits per heavy atom. The van der Waals surface area contributed by atoms with Gasteiger partial charge in [-0.2, -0.15) is 5.10 Å². The molecule has 7 heteroatoms. The summed E-state index contributed by atoms with van der Waals surface area (Å²) in [7, 11) is 0. The average molecular weight is 296 g/mol. The van der Waals surface area contributed by atoms with Crippen LogP contribution >= 0.6 is 0 Å². The highest BCUT2D eigenvalue weighted by atomic mass is 16.1. The number of benzene rings is 1. The van der Waals surface area contributed by atoms with Crippen LogP contribution in [-0.4, -0.2) is 31.9 Å². The van der Waals surface area contributed by atoms with Crippen LogP contribution in [0, 0.1) is 0 Å². The fourth-order valence-electron chi connectivity index (χ4n) is 2.27. The van der Waals surface area contributed by atoms with Gasteiger partial charge in [0.25, 0.3) is 5.91 Å². The van der Waals surface area contributed by atoms with E-state index in [0.717, 1.165) is 11.1 Å². The lowest BCUT2D eigenvalue weighted by Gasteiger charge is -2.15. The number of rotatable bonds is 4. The van der Waals surface area contributed by atoms with Gasteiger partial charge in [0.2, 0.25) is 0 Å². The van der Waals surface area contributed by atoms with Gasteiger partial charge in [-0.3, -0.25) is 4.79 Å². The summed E-state index contributed by atoms with van der Waals surface area (Å²) in [5.41, 5.74) is 7.69. The number of fused-ring (bicyclic) bond motifs is 1. The molecule has 0 saturated carbocycles. The number of aromatic nitrogens is 4. The highest BCUT2D eigenvalue weighted by molar-refractivity contribution is 6.05. The fraction of sp³-hybridized carbons (Fsp3) is 0.200. The molecule has 0 aliphatic carbocycles. The largest absolute Gasteiger partial charge is 0.380 e. The third kappa shape index (κ3) is 2.48. The Hall–Kier alpha value is -2.96. The summed E-state index contributed by atoms with van der Waals surface area (Å²) in [6.45, 7) is 3.96. The molecule has 2 aromatic heterocycles. The molecule has 112 valence electrons. The summed E-state index contributed by atoms with van der Waals surface area (Å²) < 4.78 is 1.73. The minimum atomic E-state index is -0.603. The number of amides is 1. The van der Waals surface area contributed by atoms with Gasteiger partial charge >= 0.3 is 0 Å². The second kappa shape index (κ2) is 5.44. The van der Waals surface area contributed by atoms with Crippen molar-refractivity contribution in [1.82, 2.24) is 20.0 Å². The van der Waals surface area contributed by atoms with Crippen molar-refractivity contribution in [3.05, 3.63) is 42.4 Å². The van der Waals surface area contributed by atoms with Crippen molar-refractivity contribution >= 4 is 22.5 Å². The van der Waals surface area contributed by atoms with Gasteiger partial charge in [0.15, 0.2) is 5.69 Å². The number of hydrogen-bond donors (Lipinski definition) is 2. The quantitative estimate of drug-likeness (QED) is 0.764. The van der Waals surface area contributed by atoms with Crippen molar-refractivity contribution < 1.29 is 4.79 Å². The molecule has 0 bridgehead atoms. The van der Waals surface area contributed by atoms with E-state index in [9.17, 15) is 4.79 Å². The van der Waals surface area contributed by atoms with Gasteiger partial charge in [-0.1, -0.05) is 0 Å². The Labute approximate surface area is 127 Å². The number of carbonyl (C=O) groups excluding carboxylic acids is 1. The third-order valence-corrected chi connectivity index (χ3v) is 3.18. The minimum Gasteiger partial charge on any atom is -0.380 e. The van der Waals surface area contributed by atoms with Crippen LogP contribution in [0.5, 0.6) is 0 Å². The molecule has 3 rings (SSSR count). The van der Waals surface area contributed by atoms with E-state index in [2.05, 4.69) is 20.6 Å². The van der Waals surface area contributed by atoms with E-state index in [1.807, 2.05) is 44.3 Å². The summed E-state index contributed by atoms with van der Waals surface area (Å²) in [5, 5.41) is 16.3. The molecule has 0 spiro atoms. The maximum atomic E-state index is 11.6. The molecular weight excluding hydrogens is 280 g/mol. The molecule has 0 atom stereocenters. The standard InChI is InChI=1S/C15H16N6O/c1-9(2)18-13-11-5-4-10(21-7-3-6-17-21)8-12(11)19-20-14(13)15(16)22/h3-9H,1-2H3,(H2,16,22)(H,18,19). The molecule has 0 aliphatic heterocycles.